The van der Waals surface area contributed by atoms with Gasteiger partial charge in [-0.1, -0.05) is 5.57 Å². The molecular weight excluding hydrogens is 138 g/mol. The Morgan fingerprint density at radius 2 is 2.00 bits per heavy atom. The van der Waals surface area contributed by atoms with Gasteiger partial charge in [0.15, 0.2) is 5.78 Å². The van der Waals surface area contributed by atoms with Crippen molar-refractivity contribution in [3.63, 3.8) is 0 Å². The molecule has 1 nitrogen and oxygen atoms in total. The molecule has 0 unspecified atom stereocenters. The SMILES string of the molecule is C=C(C)CCC(=O)C(F)F. The molecule has 0 atom stereocenters. The van der Waals surface area contributed by atoms with Crippen LogP contribution in [0, 0.1) is 0 Å². The van der Waals surface area contributed by atoms with Crippen LogP contribution in [0.25, 0.3) is 0 Å². The first-order valence-corrected chi connectivity index (χ1v) is 2.99. The van der Waals surface area contributed by atoms with E-state index in [4.69, 9.17) is 0 Å². The lowest BCUT2D eigenvalue weighted by Crippen LogP contribution is -2.08. The van der Waals surface area contributed by atoms with Crippen LogP contribution < -0.4 is 0 Å². The summed E-state index contributed by atoms with van der Waals surface area (Å²) in [5.74, 6) is -0.997. The zero-order valence-electron chi connectivity index (χ0n) is 5.86. The van der Waals surface area contributed by atoms with Gasteiger partial charge in [-0.25, -0.2) is 8.78 Å². The molecule has 0 saturated carbocycles. The molecule has 0 aliphatic heterocycles. The van der Waals surface area contributed by atoms with Crippen LogP contribution in [0.5, 0.6) is 0 Å². The van der Waals surface area contributed by atoms with Crippen molar-refractivity contribution in [3.05, 3.63) is 12.2 Å². The number of Topliss-reactive ketones (excluding diaryl/α,β-unsaturated/α-hetero) is 1. The third-order valence-corrected chi connectivity index (χ3v) is 1.04. The molecule has 0 heterocycles. The fraction of sp³-hybridized carbons (Fsp3) is 0.571. The molecule has 0 aliphatic carbocycles. The van der Waals surface area contributed by atoms with Crippen LogP contribution in [0.3, 0.4) is 0 Å². The number of carbonyl (C=O) groups excluding carboxylic acids is 1. The van der Waals surface area contributed by atoms with E-state index >= 15 is 0 Å². The number of hydrogen-bond acceptors (Lipinski definition) is 1. The Balaban J connectivity index is 3.50. The lowest BCUT2D eigenvalue weighted by atomic mass is 10.1. The summed E-state index contributed by atoms with van der Waals surface area (Å²) in [7, 11) is 0. The maximum atomic E-state index is 11.5. The van der Waals surface area contributed by atoms with E-state index in [1.54, 1.807) is 6.92 Å². The number of carbonyl (C=O) groups is 1. The van der Waals surface area contributed by atoms with E-state index in [2.05, 4.69) is 6.58 Å². The Morgan fingerprint density at radius 1 is 1.50 bits per heavy atom. The first-order chi connectivity index (χ1) is 4.54. The molecule has 0 aromatic heterocycles. The highest BCUT2D eigenvalue weighted by Crippen LogP contribution is 2.05. The predicted molar refractivity (Wildman–Crippen MR) is 35.1 cm³/mol. The van der Waals surface area contributed by atoms with Crippen molar-refractivity contribution in [1.82, 2.24) is 0 Å². The second kappa shape index (κ2) is 4.14. The smallest absolute Gasteiger partial charge is 0.293 e. The van der Waals surface area contributed by atoms with Gasteiger partial charge >= 0.3 is 0 Å². The molecule has 10 heavy (non-hydrogen) atoms. The van der Waals surface area contributed by atoms with E-state index in [-0.39, 0.29) is 6.42 Å². The topological polar surface area (TPSA) is 17.1 Å². The number of alkyl halides is 2. The Hall–Kier alpha value is -0.730. The van der Waals surface area contributed by atoms with Crippen molar-refractivity contribution >= 4 is 5.78 Å². The maximum absolute atomic E-state index is 11.5. The van der Waals surface area contributed by atoms with Gasteiger partial charge in [-0.15, -0.1) is 6.58 Å². The molecular formula is C7H10F2O. The van der Waals surface area contributed by atoms with Crippen molar-refractivity contribution in [1.29, 1.82) is 0 Å². The van der Waals surface area contributed by atoms with Gasteiger partial charge in [0.1, 0.15) is 0 Å². The molecule has 3 heteroatoms. The Morgan fingerprint density at radius 3 is 2.30 bits per heavy atom. The van der Waals surface area contributed by atoms with Crippen LogP contribution in [0.1, 0.15) is 19.8 Å². The summed E-state index contributed by atoms with van der Waals surface area (Å²) < 4.78 is 23.0. The summed E-state index contributed by atoms with van der Waals surface area (Å²) in [5, 5.41) is 0. The van der Waals surface area contributed by atoms with Gasteiger partial charge in [0.25, 0.3) is 6.43 Å². The van der Waals surface area contributed by atoms with Crippen molar-refractivity contribution in [3.8, 4) is 0 Å². The minimum atomic E-state index is -2.82. The average molecular weight is 148 g/mol. The third kappa shape index (κ3) is 4.18. The first kappa shape index (κ1) is 9.27. The van der Waals surface area contributed by atoms with Gasteiger partial charge in [-0.2, -0.15) is 0 Å². The second-order valence-corrected chi connectivity index (χ2v) is 2.22. The number of halogens is 2. The lowest BCUT2D eigenvalue weighted by molar-refractivity contribution is -0.129. The van der Waals surface area contributed by atoms with E-state index in [0.717, 1.165) is 5.57 Å². The van der Waals surface area contributed by atoms with E-state index in [9.17, 15) is 13.6 Å². The molecule has 0 aromatic rings. The minimum Gasteiger partial charge on any atom is -0.293 e. The summed E-state index contributed by atoms with van der Waals surface area (Å²) in [6, 6.07) is 0. The molecule has 0 spiro atoms. The first-order valence-electron chi connectivity index (χ1n) is 2.99. The molecule has 58 valence electrons. The van der Waals surface area contributed by atoms with Crippen LogP contribution >= 0.6 is 0 Å². The normalized spacial score (nSPS) is 10.0. The third-order valence-electron chi connectivity index (χ3n) is 1.04. The second-order valence-electron chi connectivity index (χ2n) is 2.22. The zero-order valence-corrected chi connectivity index (χ0v) is 5.86. The lowest BCUT2D eigenvalue weighted by Gasteiger charge is -1.97. The number of allylic oxidation sites excluding steroid dienone is 1. The van der Waals surface area contributed by atoms with Crippen molar-refractivity contribution in [2.24, 2.45) is 0 Å². The molecule has 0 fully saturated rings. The average Bonchev–Trinajstić information content (AvgIpc) is 1.82. The van der Waals surface area contributed by atoms with E-state index in [1.807, 2.05) is 0 Å². The van der Waals surface area contributed by atoms with Crippen LogP contribution in [0.15, 0.2) is 12.2 Å². The molecule has 0 aromatic carbocycles. The number of rotatable bonds is 4. The molecule has 0 N–H and O–H groups in total. The standard InChI is InChI=1S/C7H10F2O/c1-5(2)3-4-6(10)7(8)9/h7H,1,3-4H2,2H3. The molecule has 0 rings (SSSR count). The fourth-order valence-electron chi connectivity index (χ4n) is 0.446. The highest BCUT2D eigenvalue weighted by atomic mass is 19.3. The summed E-state index contributed by atoms with van der Waals surface area (Å²) >= 11 is 0. The monoisotopic (exact) mass is 148 g/mol. The molecule has 0 saturated heterocycles. The molecule has 0 aliphatic rings. The van der Waals surface area contributed by atoms with Gasteiger partial charge in [-0.3, -0.25) is 4.79 Å². The quantitative estimate of drug-likeness (QED) is 0.558. The van der Waals surface area contributed by atoms with Gasteiger partial charge in [-0.05, 0) is 13.3 Å². The molecule has 0 amide bonds. The van der Waals surface area contributed by atoms with Gasteiger partial charge in [0.2, 0.25) is 0 Å². The van der Waals surface area contributed by atoms with Crippen molar-refractivity contribution in [2.45, 2.75) is 26.2 Å². The van der Waals surface area contributed by atoms with Crippen LogP contribution in [0.4, 0.5) is 8.78 Å². The Labute approximate surface area is 58.7 Å². The predicted octanol–water partition coefficient (Wildman–Crippen LogP) is 2.18. The van der Waals surface area contributed by atoms with Crippen LogP contribution in [-0.2, 0) is 4.79 Å². The Kier molecular flexibility index (Phi) is 3.84. The molecule has 0 radical (unpaired) electrons. The minimum absolute atomic E-state index is 0.0903. The molecule has 0 bridgehead atoms. The van der Waals surface area contributed by atoms with Gasteiger partial charge in [0.05, 0.1) is 0 Å². The van der Waals surface area contributed by atoms with Crippen molar-refractivity contribution < 1.29 is 13.6 Å². The van der Waals surface area contributed by atoms with Crippen LogP contribution in [-0.4, -0.2) is 12.2 Å². The van der Waals surface area contributed by atoms with Crippen molar-refractivity contribution in [2.75, 3.05) is 0 Å². The summed E-state index contributed by atoms with van der Waals surface area (Å²) in [6.45, 7) is 5.20. The van der Waals surface area contributed by atoms with E-state index < -0.39 is 12.2 Å². The Bertz CT molecular complexity index is 141. The highest BCUT2D eigenvalue weighted by Gasteiger charge is 2.13. The maximum Gasteiger partial charge on any atom is 0.295 e. The summed E-state index contributed by atoms with van der Waals surface area (Å²) in [4.78, 5) is 10.3. The fourth-order valence-corrected chi connectivity index (χ4v) is 0.446. The van der Waals surface area contributed by atoms with Crippen LogP contribution in [0.2, 0.25) is 0 Å². The number of ketones is 1. The number of hydrogen-bond donors (Lipinski definition) is 0. The zero-order chi connectivity index (χ0) is 8.15. The van der Waals surface area contributed by atoms with E-state index in [1.165, 1.54) is 0 Å². The van der Waals surface area contributed by atoms with Gasteiger partial charge < -0.3 is 0 Å². The largest absolute Gasteiger partial charge is 0.295 e. The summed E-state index contributed by atoms with van der Waals surface area (Å²) in [6.07, 6.45) is -2.55. The van der Waals surface area contributed by atoms with Gasteiger partial charge in [0, 0.05) is 6.42 Å². The highest BCUT2D eigenvalue weighted by molar-refractivity contribution is 5.81. The summed E-state index contributed by atoms with van der Waals surface area (Å²) in [5.41, 5.74) is 0.758. The van der Waals surface area contributed by atoms with E-state index in [0.29, 0.717) is 6.42 Å².